The highest BCUT2D eigenvalue weighted by Crippen LogP contribution is 2.27. The first-order chi connectivity index (χ1) is 9.00. The standard InChI is InChI=1S/C14H9Br2NO2/c1-8-11(7-10(15)13(18)12(8)16)17-14(19)9-5-3-2-4-6-9/h2-7H,1H3. The van der Waals surface area contributed by atoms with Crippen LogP contribution in [0.3, 0.4) is 0 Å². The fourth-order valence-corrected chi connectivity index (χ4v) is 2.65. The molecule has 0 aromatic heterocycles. The van der Waals surface area contributed by atoms with Gasteiger partial charge in [-0.2, -0.15) is 0 Å². The van der Waals surface area contributed by atoms with Crippen molar-refractivity contribution < 1.29 is 9.59 Å². The van der Waals surface area contributed by atoms with Crippen LogP contribution in [0.1, 0.15) is 17.3 Å². The minimum absolute atomic E-state index is 0.149. The highest BCUT2D eigenvalue weighted by Gasteiger charge is 2.22. The molecule has 0 fully saturated rings. The molecular weight excluding hydrogens is 374 g/mol. The van der Waals surface area contributed by atoms with Crippen molar-refractivity contribution in [2.24, 2.45) is 4.99 Å². The third-order valence-corrected chi connectivity index (χ3v) is 4.18. The number of carbonyl (C=O) groups excluding carboxylic acids is 2. The summed E-state index contributed by atoms with van der Waals surface area (Å²) in [5.74, 6) is -0.482. The van der Waals surface area contributed by atoms with Crippen LogP contribution in [-0.2, 0) is 4.79 Å². The SMILES string of the molecule is CC1=C(Br)C(=O)C(Br)=CC1=NC(=O)c1ccccc1. The first-order valence-electron chi connectivity index (χ1n) is 5.47. The lowest BCUT2D eigenvalue weighted by molar-refractivity contribution is -0.110. The topological polar surface area (TPSA) is 46.5 Å². The molecule has 1 aromatic carbocycles. The van der Waals surface area contributed by atoms with Gasteiger partial charge >= 0.3 is 0 Å². The van der Waals surface area contributed by atoms with Gasteiger partial charge in [-0.1, -0.05) is 18.2 Å². The van der Waals surface area contributed by atoms with Crippen molar-refractivity contribution in [3.05, 3.63) is 56.5 Å². The second kappa shape index (κ2) is 5.75. The molecule has 19 heavy (non-hydrogen) atoms. The van der Waals surface area contributed by atoms with E-state index in [1.54, 1.807) is 37.3 Å². The zero-order valence-electron chi connectivity index (χ0n) is 9.98. The number of allylic oxidation sites excluding steroid dienone is 4. The second-order valence-electron chi connectivity index (χ2n) is 3.93. The number of Topliss-reactive ketones (excluding diaryl/α,β-unsaturated/α-hetero) is 1. The summed E-state index contributed by atoms with van der Waals surface area (Å²) in [4.78, 5) is 27.7. The predicted octanol–water partition coefficient (Wildman–Crippen LogP) is 3.80. The van der Waals surface area contributed by atoms with Gasteiger partial charge in [0, 0.05) is 5.56 Å². The summed E-state index contributed by atoms with van der Waals surface area (Å²) in [6, 6.07) is 8.80. The Bertz CT molecular complexity index is 643. The zero-order chi connectivity index (χ0) is 14.0. The lowest BCUT2D eigenvalue weighted by Gasteiger charge is -2.11. The second-order valence-corrected chi connectivity index (χ2v) is 5.58. The lowest BCUT2D eigenvalue weighted by Crippen LogP contribution is -2.14. The number of ketones is 1. The molecule has 0 saturated carbocycles. The lowest BCUT2D eigenvalue weighted by atomic mass is 10.0. The molecule has 0 aliphatic heterocycles. The molecule has 0 bridgehead atoms. The number of benzene rings is 1. The normalized spacial score (nSPS) is 17.7. The third-order valence-electron chi connectivity index (χ3n) is 2.64. The van der Waals surface area contributed by atoms with E-state index in [1.807, 2.05) is 6.07 Å². The number of aliphatic imine (C=N–C) groups is 1. The Morgan fingerprint density at radius 2 is 1.79 bits per heavy atom. The summed E-state index contributed by atoms with van der Waals surface area (Å²) in [6.45, 7) is 1.75. The van der Waals surface area contributed by atoms with Crippen molar-refractivity contribution in [2.75, 3.05) is 0 Å². The number of rotatable bonds is 1. The third kappa shape index (κ3) is 2.98. The van der Waals surface area contributed by atoms with Crippen molar-refractivity contribution >= 4 is 49.3 Å². The van der Waals surface area contributed by atoms with E-state index in [0.717, 1.165) is 0 Å². The van der Waals surface area contributed by atoms with E-state index in [2.05, 4.69) is 36.9 Å². The summed E-state index contributed by atoms with van der Waals surface area (Å²) >= 11 is 6.38. The molecule has 0 atom stereocenters. The van der Waals surface area contributed by atoms with Crippen molar-refractivity contribution in [3.63, 3.8) is 0 Å². The van der Waals surface area contributed by atoms with Crippen LogP contribution in [0.25, 0.3) is 0 Å². The monoisotopic (exact) mass is 381 g/mol. The Balaban J connectivity index is 2.39. The number of carbonyl (C=O) groups is 2. The summed E-state index contributed by atoms with van der Waals surface area (Å²) in [5, 5.41) is 0. The van der Waals surface area contributed by atoms with E-state index in [1.165, 1.54) is 0 Å². The Labute approximate surface area is 127 Å². The van der Waals surface area contributed by atoms with Crippen LogP contribution in [0, 0.1) is 0 Å². The van der Waals surface area contributed by atoms with Gasteiger partial charge in [0.25, 0.3) is 5.91 Å². The van der Waals surface area contributed by atoms with Gasteiger partial charge < -0.3 is 0 Å². The quantitative estimate of drug-likeness (QED) is 0.693. The Morgan fingerprint density at radius 3 is 2.42 bits per heavy atom. The van der Waals surface area contributed by atoms with Gasteiger partial charge in [0.15, 0.2) is 0 Å². The fourth-order valence-electron chi connectivity index (χ4n) is 1.55. The van der Waals surface area contributed by atoms with Gasteiger partial charge in [-0.3, -0.25) is 9.59 Å². The molecule has 0 N–H and O–H groups in total. The molecule has 2 rings (SSSR count). The van der Waals surface area contributed by atoms with Crippen molar-refractivity contribution in [2.45, 2.75) is 6.92 Å². The molecule has 3 nitrogen and oxygen atoms in total. The highest BCUT2D eigenvalue weighted by molar-refractivity contribution is 9.13. The van der Waals surface area contributed by atoms with Gasteiger partial charge in [-0.05, 0) is 62.6 Å². The van der Waals surface area contributed by atoms with Crippen molar-refractivity contribution in [1.82, 2.24) is 0 Å². The smallest absolute Gasteiger partial charge is 0.277 e. The first-order valence-corrected chi connectivity index (χ1v) is 7.06. The van der Waals surface area contributed by atoms with E-state index in [0.29, 0.717) is 25.8 Å². The summed E-state index contributed by atoms with van der Waals surface area (Å²) in [7, 11) is 0. The van der Waals surface area contributed by atoms with E-state index in [-0.39, 0.29) is 11.7 Å². The average Bonchev–Trinajstić information content (AvgIpc) is 2.43. The molecule has 1 aromatic rings. The van der Waals surface area contributed by atoms with Gasteiger partial charge in [-0.15, -0.1) is 0 Å². The minimum Gasteiger partial charge on any atom is -0.287 e. The largest absolute Gasteiger partial charge is 0.287 e. The highest BCUT2D eigenvalue weighted by atomic mass is 79.9. The van der Waals surface area contributed by atoms with Crippen LogP contribution < -0.4 is 0 Å². The molecule has 0 saturated heterocycles. The zero-order valence-corrected chi connectivity index (χ0v) is 13.2. The summed E-state index contributed by atoms with van der Waals surface area (Å²) in [6.07, 6.45) is 1.56. The Kier molecular flexibility index (Phi) is 4.27. The molecular formula is C14H9Br2NO2. The maximum absolute atomic E-state index is 12.0. The molecule has 96 valence electrons. The van der Waals surface area contributed by atoms with E-state index < -0.39 is 0 Å². The fraction of sp³-hybridized carbons (Fsp3) is 0.0714. The summed E-state index contributed by atoms with van der Waals surface area (Å²) in [5.41, 5.74) is 1.64. The van der Waals surface area contributed by atoms with Gasteiger partial charge in [-0.25, -0.2) is 4.99 Å². The minimum atomic E-state index is -0.332. The average molecular weight is 383 g/mol. The van der Waals surface area contributed by atoms with Gasteiger partial charge in [0.2, 0.25) is 5.78 Å². The molecule has 1 amide bonds. The van der Waals surface area contributed by atoms with E-state index in [4.69, 9.17) is 0 Å². The molecule has 0 radical (unpaired) electrons. The Morgan fingerprint density at radius 1 is 1.16 bits per heavy atom. The van der Waals surface area contributed by atoms with E-state index in [9.17, 15) is 9.59 Å². The van der Waals surface area contributed by atoms with Gasteiger partial charge in [0.1, 0.15) is 0 Å². The van der Waals surface area contributed by atoms with Crippen molar-refractivity contribution in [3.8, 4) is 0 Å². The summed E-state index contributed by atoms with van der Waals surface area (Å²) < 4.78 is 0.797. The number of hydrogen-bond acceptors (Lipinski definition) is 2. The predicted molar refractivity (Wildman–Crippen MR) is 81.9 cm³/mol. The molecule has 5 heteroatoms. The molecule has 1 aliphatic carbocycles. The molecule has 0 unspecified atom stereocenters. The van der Waals surface area contributed by atoms with Crippen LogP contribution in [0.5, 0.6) is 0 Å². The van der Waals surface area contributed by atoms with Gasteiger partial charge in [0.05, 0.1) is 14.7 Å². The van der Waals surface area contributed by atoms with Crippen LogP contribution >= 0.6 is 31.9 Å². The molecule has 0 spiro atoms. The molecule has 1 aliphatic rings. The number of hydrogen-bond donors (Lipinski definition) is 0. The van der Waals surface area contributed by atoms with E-state index >= 15 is 0 Å². The maximum Gasteiger partial charge on any atom is 0.277 e. The maximum atomic E-state index is 12.0. The van der Waals surface area contributed by atoms with Crippen LogP contribution in [0.15, 0.2) is 55.9 Å². The number of halogens is 2. The van der Waals surface area contributed by atoms with Crippen molar-refractivity contribution in [1.29, 1.82) is 0 Å². The van der Waals surface area contributed by atoms with Crippen LogP contribution in [0.2, 0.25) is 0 Å². The van der Waals surface area contributed by atoms with Crippen LogP contribution in [-0.4, -0.2) is 17.4 Å². The number of amides is 1. The van der Waals surface area contributed by atoms with Crippen LogP contribution in [0.4, 0.5) is 0 Å². The molecule has 0 heterocycles. The first kappa shape index (κ1) is 14.1. The number of nitrogens with zero attached hydrogens (tertiary/aromatic N) is 1. The Hall–Kier alpha value is -1.33.